The number of carbonyl (C=O) groups excluding carboxylic acids is 1. The second-order valence-electron chi connectivity index (χ2n) is 9.73. The van der Waals surface area contributed by atoms with Gasteiger partial charge in [-0.1, -0.05) is 23.7 Å². The quantitative estimate of drug-likeness (QED) is 0.504. The molecule has 1 saturated heterocycles. The second kappa shape index (κ2) is 12.3. The summed E-state index contributed by atoms with van der Waals surface area (Å²) in [6.07, 6.45) is -1.11. The number of ether oxygens (including phenoxy) is 2. The highest BCUT2D eigenvalue weighted by atomic mass is 35.5. The van der Waals surface area contributed by atoms with Crippen molar-refractivity contribution in [3.63, 3.8) is 0 Å². The summed E-state index contributed by atoms with van der Waals surface area (Å²) in [6.45, 7) is 1.04. The number of urea groups is 1. The van der Waals surface area contributed by atoms with Crippen molar-refractivity contribution in [1.82, 2.24) is 10.2 Å². The molecule has 3 atom stereocenters. The minimum absolute atomic E-state index is 0.0639. The second-order valence-corrected chi connectivity index (χ2v) is 10.2. The van der Waals surface area contributed by atoms with Crippen LogP contribution >= 0.6 is 11.6 Å². The zero-order chi connectivity index (χ0) is 29.0. The predicted molar refractivity (Wildman–Crippen MR) is 142 cm³/mol. The molecule has 1 heterocycles. The van der Waals surface area contributed by atoms with Gasteiger partial charge in [-0.3, -0.25) is 4.90 Å². The molecule has 2 N–H and O–H groups in total. The lowest BCUT2D eigenvalue weighted by atomic mass is 9.65. The molecule has 1 saturated carbocycles. The Labute approximate surface area is 230 Å². The molecule has 0 aromatic heterocycles. The van der Waals surface area contributed by atoms with Crippen molar-refractivity contribution in [3.8, 4) is 11.5 Å². The van der Waals surface area contributed by atoms with Crippen LogP contribution in [0.5, 0.6) is 11.5 Å². The van der Waals surface area contributed by atoms with E-state index in [9.17, 15) is 18.0 Å². The van der Waals surface area contributed by atoms with E-state index in [1.165, 1.54) is 5.56 Å². The van der Waals surface area contributed by atoms with Gasteiger partial charge in [0.15, 0.2) is 11.5 Å². The number of amides is 2. The van der Waals surface area contributed by atoms with E-state index in [0.717, 1.165) is 49.4 Å². The fourth-order valence-electron chi connectivity index (χ4n) is 5.47. The fourth-order valence-corrected chi connectivity index (χ4v) is 5.65. The number of hydrogen-bond donors (Lipinski definition) is 2. The van der Waals surface area contributed by atoms with Crippen LogP contribution in [-0.4, -0.2) is 75.1 Å². The van der Waals surface area contributed by atoms with Crippen LogP contribution in [0.15, 0.2) is 42.5 Å². The third-order valence-electron chi connectivity index (χ3n) is 7.56. The summed E-state index contributed by atoms with van der Waals surface area (Å²) in [5, 5.41) is 11.0. The highest BCUT2D eigenvalue weighted by Crippen LogP contribution is 2.49. The maximum Gasteiger partial charge on any atom is 0.490 e. The Balaban J connectivity index is 0.000000532. The molecule has 8 nitrogen and oxygen atoms in total. The number of aliphatic carboxylic acids is 1. The highest BCUT2D eigenvalue weighted by Gasteiger charge is 2.50. The third kappa shape index (κ3) is 6.88. The van der Waals surface area contributed by atoms with E-state index in [4.69, 9.17) is 31.0 Å². The Hall–Kier alpha value is -3.18. The van der Waals surface area contributed by atoms with Crippen LogP contribution in [0.3, 0.4) is 0 Å². The van der Waals surface area contributed by atoms with Crippen molar-refractivity contribution in [2.45, 2.75) is 49.4 Å². The number of likely N-dealkylation sites (N-methyl/N-ethyl adjacent to an activating group) is 1. The van der Waals surface area contributed by atoms with Gasteiger partial charge in [0.1, 0.15) is 0 Å². The summed E-state index contributed by atoms with van der Waals surface area (Å²) in [6, 6.07) is 14.1. The molecule has 2 amide bonds. The number of carboxylic acids is 1. The maximum absolute atomic E-state index is 12.9. The number of methoxy groups -OCH3 is 2. The SMILES string of the molecule is COc1ccc(C23CCC(NC(=O)N(C)c4cccc(Cl)c4)CC2N(C)CC3)cc1OC.O=C(O)C(F)(F)F. The number of anilines is 1. The van der Waals surface area contributed by atoms with Crippen molar-refractivity contribution in [2.24, 2.45) is 0 Å². The molecule has 214 valence electrons. The number of nitrogens with zero attached hydrogens (tertiary/aromatic N) is 2. The molecule has 12 heteroatoms. The van der Waals surface area contributed by atoms with Crippen LogP contribution in [0.1, 0.15) is 31.2 Å². The normalized spacial score (nSPS) is 22.7. The fraction of sp³-hybridized carbons (Fsp3) is 0.481. The number of alkyl halides is 3. The summed E-state index contributed by atoms with van der Waals surface area (Å²) in [4.78, 5) is 25.9. The average molecular weight is 572 g/mol. The van der Waals surface area contributed by atoms with Gasteiger partial charge in [0, 0.05) is 35.3 Å². The molecular weight excluding hydrogens is 539 g/mol. The number of carbonyl (C=O) groups is 2. The molecule has 39 heavy (non-hydrogen) atoms. The van der Waals surface area contributed by atoms with Gasteiger partial charge < -0.3 is 24.8 Å². The van der Waals surface area contributed by atoms with E-state index in [-0.39, 0.29) is 17.5 Å². The number of carboxylic acid groups (broad SMARTS) is 1. The molecule has 0 radical (unpaired) electrons. The lowest BCUT2D eigenvalue weighted by Gasteiger charge is -2.45. The minimum atomic E-state index is -5.08. The molecule has 2 fully saturated rings. The standard InChI is InChI=1S/C25H32ClN3O3.C2HF3O2/c1-28-13-12-25(17-8-9-21(31-3)22(14-17)32-4)11-10-19(16-23(25)28)27-24(30)29(2)20-7-5-6-18(26)15-20;3-2(4,5)1(6)7/h5-9,14-15,19,23H,10-13,16H2,1-4H3,(H,27,30);(H,6,7). The van der Waals surface area contributed by atoms with Gasteiger partial charge in [-0.2, -0.15) is 13.2 Å². The monoisotopic (exact) mass is 571 g/mol. The molecule has 0 bridgehead atoms. The molecule has 1 aliphatic heterocycles. The minimum Gasteiger partial charge on any atom is -0.493 e. The molecule has 4 rings (SSSR count). The van der Waals surface area contributed by atoms with Gasteiger partial charge in [0.2, 0.25) is 0 Å². The van der Waals surface area contributed by atoms with Crippen LogP contribution in [0.4, 0.5) is 23.7 Å². The first-order valence-electron chi connectivity index (χ1n) is 12.3. The van der Waals surface area contributed by atoms with Crippen LogP contribution in [-0.2, 0) is 10.2 Å². The summed E-state index contributed by atoms with van der Waals surface area (Å²) >= 11 is 6.10. The zero-order valence-electron chi connectivity index (χ0n) is 22.2. The molecule has 0 spiro atoms. The van der Waals surface area contributed by atoms with Crippen molar-refractivity contribution in [1.29, 1.82) is 0 Å². The van der Waals surface area contributed by atoms with Crippen LogP contribution in [0.25, 0.3) is 0 Å². The molecule has 2 aromatic rings. The zero-order valence-corrected chi connectivity index (χ0v) is 23.0. The van der Waals surface area contributed by atoms with Crippen LogP contribution in [0.2, 0.25) is 5.02 Å². The van der Waals surface area contributed by atoms with E-state index in [2.05, 4.69) is 29.4 Å². The first-order valence-corrected chi connectivity index (χ1v) is 12.7. The number of benzene rings is 2. The van der Waals surface area contributed by atoms with E-state index in [1.807, 2.05) is 24.3 Å². The van der Waals surface area contributed by atoms with E-state index < -0.39 is 12.1 Å². The predicted octanol–water partition coefficient (Wildman–Crippen LogP) is 5.33. The van der Waals surface area contributed by atoms with E-state index >= 15 is 0 Å². The molecule has 2 aliphatic rings. The number of halogens is 4. The van der Waals surface area contributed by atoms with Crippen molar-refractivity contribution < 1.29 is 37.3 Å². The summed E-state index contributed by atoms with van der Waals surface area (Å²) < 4.78 is 42.8. The van der Waals surface area contributed by atoms with Crippen molar-refractivity contribution >= 4 is 29.3 Å². The van der Waals surface area contributed by atoms with Crippen LogP contribution < -0.4 is 19.7 Å². The first-order chi connectivity index (χ1) is 18.3. The number of nitrogens with one attached hydrogen (secondary N) is 1. The first kappa shape index (κ1) is 30.4. The van der Waals surface area contributed by atoms with Crippen molar-refractivity contribution in [2.75, 3.05) is 39.8 Å². The van der Waals surface area contributed by atoms with E-state index in [1.54, 1.807) is 32.2 Å². The Morgan fingerprint density at radius 2 is 1.79 bits per heavy atom. The Kier molecular flexibility index (Phi) is 9.60. The molecular formula is C27H33ClF3N3O5. The lowest BCUT2D eigenvalue weighted by Crippen LogP contribution is -2.53. The van der Waals surface area contributed by atoms with E-state index in [0.29, 0.717) is 11.1 Å². The van der Waals surface area contributed by atoms with Gasteiger partial charge in [-0.15, -0.1) is 0 Å². The number of fused-ring (bicyclic) bond motifs is 1. The number of rotatable bonds is 5. The topological polar surface area (TPSA) is 91.3 Å². The van der Waals surface area contributed by atoms with Crippen LogP contribution in [0, 0.1) is 0 Å². The third-order valence-corrected chi connectivity index (χ3v) is 7.79. The number of likely N-dealkylation sites (tertiary alicyclic amines) is 1. The van der Waals surface area contributed by atoms with Gasteiger partial charge in [-0.05, 0) is 75.2 Å². The van der Waals surface area contributed by atoms with Gasteiger partial charge in [-0.25, -0.2) is 9.59 Å². The lowest BCUT2D eigenvalue weighted by molar-refractivity contribution is -0.192. The smallest absolute Gasteiger partial charge is 0.490 e. The van der Waals surface area contributed by atoms with Gasteiger partial charge in [0.25, 0.3) is 0 Å². The Morgan fingerprint density at radius 1 is 1.13 bits per heavy atom. The highest BCUT2D eigenvalue weighted by molar-refractivity contribution is 6.30. The van der Waals surface area contributed by atoms with Gasteiger partial charge in [0.05, 0.1) is 14.2 Å². The average Bonchev–Trinajstić information content (AvgIpc) is 3.24. The molecule has 1 aliphatic carbocycles. The van der Waals surface area contributed by atoms with Crippen molar-refractivity contribution in [3.05, 3.63) is 53.1 Å². The molecule has 2 aromatic carbocycles. The van der Waals surface area contributed by atoms with Gasteiger partial charge >= 0.3 is 18.2 Å². The maximum atomic E-state index is 12.9. The Bertz CT molecular complexity index is 1180. The number of hydrogen-bond acceptors (Lipinski definition) is 5. The summed E-state index contributed by atoms with van der Waals surface area (Å²) in [7, 11) is 7.31. The summed E-state index contributed by atoms with van der Waals surface area (Å²) in [5.74, 6) is -1.24. The largest absolute Gasteiger partial charge is 0.493 e. The molecule has 3 unspecified atom stereocenters. The Morgan fingerprint density at radius 3 is 2.38 bits per heavy atom. The summed E-state index contributed by atoms with van der Waals surface area (Å²) in [5.41, 5.74) is 2.14.